The third-order valence-electron chi connectivity index (χ3n) is 2.54. The third-order valence-corrected chi connectivity index (χ3v) is 2.54. The van der Waals surface area contributed by atoms with Crippen molar-refractivity contribution < 1.29 is 14.3 Å². The Kier molecular flexibility index (Phi) is 5.49. The molecule has 0 aliphatic carbocycles. The molecule has 1 atom stereocenters. The number of benzene rings is 1. The number of hydrogen-bond acceptors (Lipinski definition) is 4. The number of ether oxygens (including phenoxy) is 2. The van der Waals surface area contributed by atoms with Crippen molar-refractivity contribution in [3.05, 3.63) is 29.8 Å². The molecule has 0 saturated heterocycles. The predicted molar refractivity (Wildman–Crippen MR) is 66.0 cm³/mol. The van der Waals surface area contributed by atoms with Crippen LogP contribution in [0.5, 0.6) is 5.75 Å². The van der Waals surface area contributed by atoms with Gasteiger partial charge >= 0.3 is 5.97 Å². The van der Waals surface area contributed by atoms with Crippen molar-refractivity contribution in [2.45, 2.75) is 19.4 Å². The van der Waals surface area contributed by atoms with E-state index in [2.05, 4.69) is 5.32 Å². The van der Waals surface area contributed by atoms with Gasteiger partial charge in [-0.25, -0.2) is 0 Å². The highest BCUT2D eigenvalue weighted by molar-refractivity contribution is 5.70. The standard InChI is InChI=1S/C13H19NO3/c1-4-17-13(15)9-11(14-2)10-7-5-6-8-12(10)16-3/h5-8,11,14H,4,9H2,1-3H3. The number of carbonyl (C=O) groups is 1. The van der Waals surface area contributed by atoms with Crippen LogP contribution in [0, 0.1) is 0 Å². The third kappa shape index (κ3) is 3.75. The van der Waals surface area contributed by atoms with Crippen LogP contribution in [-0.4, -0.2) is 26.7 Å². The lowest BCUT2D eigenvalue weighted by molar-refractivity contribution is -0.143. The van der Waals surface area contributed by atoms with Crippen LogP contribution in [0.1, 0.15) is 24.9 Å². The monoisotopic (exact) mass is 237 g/mol. The molecule has 0 spiro atoms. The van der Waals surface area contributed by atoms with Crippen molar-refractivity contribution in [1.82, 2.24) is 5.32 Å². The zero-order chi connectivity index (χ0) is 12.7. The number of esters is 1. The molecular weight excluding hydrogens is 218 g/mol. The normalized spacial score (nSPS) is 11.9. The summed E-state index contributed by atoms with van der Waals surface area (Å²) in [4.78, 5) is 11.5. The SMILES string of the molecule is CCOC(=O)CC(NC)c1ccccc1OC. The molecule has 0 aromatic heterocycles. The first kappa shape index (κ1) is 13.5. The van der Waals surface area contributed by atoms with Crippen molar-refractivity contribution in [2.75, 3.05) is 20.8 Å². The van der Waals surface area contributed by atoms with E-state index >= 15 is 0 Å². The molecular formula is C13H19NO3. The predicted octanol–water partition coefficient (Wildman–Crippen LogP) is 1.91. The molecule has 0 aliphatic rings. The Bertz CT molecular complexity index is 365. The van der Waals surface area contributed by atoms with E-state index in [0.29, 0.717) is 13.0 Å². The molecule has 0 radical (unpaired) electrons. The maximum atomic E-state index is 11.5. The lowest BCUT2D eigenvalue weighted by Gasteiger charge is -2.18. The van der Waals surface area contributed by atoms with Gasteiger partial charge in [0.2, 0.25) is 0 Å². The largest absolute Gasteiger partial charge is 0.496 e. The van der Waals surface area contributed by atoms with Gasteiger partial charge in [0.1, 0.15) is 5.75 Å². The molecule has 4 heteroatoms. The molecule has 4 nitrogen and oxygen atoms in total. The molecule has 0 bridgehead atoms. The molecule has 1 unspecified atom stereocenters. The number of hydrogen-bond donors (Lipinski definition) is 1. The summed E-state index contributed by atoms with van der Waals surface area (Å²) >= 11 is 0. The lowest BCUT2D eigenvalue weighted by Crippen LogP contribution is -2.21. The quantitative estimate of drug-likeness (QED) is 0.768. The van der Waals surface area contributed by atoms with E-state index in [4.69, 9.17) is 9.47 Å². The highest BCUT2D eigenvalue weighted by atomic mass is 16.5. The first-order valence-corrected chi connectivity index (χ1v) is 5.68. The van der Waals surface area contributed by atoms with E-state index in [1.54, 1.807) is 14.0 Å². The van der Waals surface area contributed by atoms with Crippen molar-refractivity contribution in [3.8, 4) is 5.75 Å². The summed E-state index contributed by atoms with van der Waals surface area (Å²) in [7, 11) is 3.44. The van der Waals surface area contributed by atoms with Crippen LogP contribution in [0.25, 0.3) is 0 Å². The van der Waals surface area contributed by atoms with Gasteiger partial charge < -0.3 is 14.8 Å². The number of nitrogens with one attached hydrogen (secondary N) is 1. The Hall–Kier alpha value is -1.55. The van der Waals surface area contributed by atoms with Crippen molar-refractivity contribution in [1.29, 1.82) is 0 Å². The highest BCUT2D eigenvalue weighted by Gasteiger charge is 2.18. The number of carbonyl (C=O) groups excluding carboxylic acids is 1. The summed E-state index contributed by atoms with van der Waals surface area (Å²) in [6, 6.07) is 7.56. The summed E-state index contributed by atoms with van der Waals surface area (Å²) in [5.41, 5.74) is 0.963. The van der Waals surface area contributed by atoms with Gasteiger partial charge in [0.15, 0.2) is 0 Å². The molecule has 1 aromatic carbocycles. The number of methoxy groups -OCH3 is 1. The highest BCUT2D eigenvalue weighted by Crippen LogP contribution is 2.26. The van der Waals surface area contributed by atoms with E-state index in [0.717, 1.165) is 11.3 Å². The molecule has 1 aromatic rings. The second kappa shape index (κ2) is 6.91. The Balaban J connectivity index is 2.82. The zero-order valence-corrected chi connectivity index (χ0v) is 10.5. The average molecular weight is 237 g/mol. The van der Waals surface area contributed by atoms with Gasteiger partial charge in [-0.15, -0.1) is 0 Å². The summed E-state index contributed by atoms with van der Waals surface area (Å²) in [6.45, 7) is 2.20. The van der Waals surface area contributed by atoms with Crippen molar-refractivity contribution in [2.24, 2.45) is 0 Å². The van der Waals surface area contributed by atoms with E-state index < -0.39 is 0 Å². The molecule has 94 valence electrons. The second-order valence-corrected chi connectivity index (χ2v) is 3.59. The van der Waals surface area contributed by atoms with Gasteiger partial charge in [0.25, 0.3) is 0 Å². The molecule has 0 heterocycles. The minimum atomic E-state index is -0.210. The molecule has 0 aliphatic heterocycles. The first-order chi connectivity index (χ1) is 8.22. The summed E-state index contributed by atoms with van der Waals surface area (Å²) in [6.07, 6.45) is 0.296. The smallest absolute Gasteiger partial charge is 0.307 e. The van der Waals surface area contributed by atoms with Crippen LogP contribution in [-0.2, 0) is 9.53 Å². The van der Waals surface area contributed by atoms with Gasteiger partial charge in [0, 0.05) is 11.6 Å². The first-order valence-electron chi connectivity index (χ1n) is 5.68. The van der Waals surface area contributed by atoms with Gasteiger partial charge in [-0.05, 0) is 20.0 Å². The van der Waals surface area contributed by atoms with Crippen LogP contribution in [0.15, 0.2) is 24.3 Å². The maximum Gasteiger partial charge on any atom is 0.307 e. The van der Waals surface area contributed by atoms with Crippen molar-refractivity contribution in [3.63, 3.8) is 0 Å². The molecule has 0 fully saturated rings. The van der Waals surface area contributed by atoms with Crippen molar-refractivity contribution >= 4 is 5.97 Å². The Morgan fingerprint density at radius 1 is 1.41 bits per heavy atom. The van der Waals surface area contributed by atoms with Crippen LogP contribution < -0.4 is 10.1 Å². The van der Waals surface area contributed by atoms with Gasteiger partial charge in [-0.2, -0.15) is 0 Å². The summed E-state index contributed by atoms with van der Waals surface area (Å²) in [5.74, 6) is 0.564. The Morgan fingerprint density at radius 2 is 2.12 bits per heavy atom. The molecule has 1 rings (SSSR count). The molecule has 0 saturated carbocycles. The van der Waals surface area contributed by atoms with E-state index in [9.17, 15) is 4.79 Å². The van der Waals surface area contributed by atoms with E-state index in [1.807, 2.05) is 31.3 Å². The average Bonchev–Trinajstić information content (AvgIpc) is 2.36. The fraction of sp³-hybridized carbons (Fsp3) is 0.462. The topological polar surface area (TPSA) is 47.6 Å². The van der Waals surface area contributed by atoms with Crippen LogP contribution in [0.3, 0.4) is 0 Å². The van der Waals surface area contributed by atoms with Gasteiger partial charge in [-0.3, -0.25) is 4.79 Å². The molecule has 0 amide bonds. The number of rotatable bonds is 6. The second-order valence-electron chi connectivity index (χ2n) is 3.59. The summed E-state index contributed by atoms with van der Waals surface area (Å²) in [5, 5.41) is 3.10. The van der Waals surface area contributed by atoms with Gasteiger partial charge in [-0.1, -0.05) is 18.2 Å². The fourth-order valence-corrected chi connectivity index (χ4v) is 1.71. The van der Waals surface area contributed by atoms with Gasteiger partial charge in [0.05, 0.1) is 20.1 Å². The molecule has 17 heavy (non-hydrogen) atoms. The zero-order valence-electron chi connectivity index (χ0n) is 10.5. The fourth-order valence-electron chi connectivity index (χ4n) is 1.71. The number of para-hydroxylation sites is 1. The Morgan fingerprint density at radius 3 is 2.71 bits per heavy atom. The minimum absolute atomic E-state index is 0.0924. The lowest BCUT2D eigenvalue weighted by atomic mass is 10.0. The summed E-state index contributed by atoms with van der Waals surface area (Å²) < 4.78 is 10.2. The van der Waals surface area contributed by atoms with Crippen LogP contribution in [0.4, 0.5) is 0 Å². The maximum absolute atomic E-state index is 11.5. The van der Waals surface area contributed by atoms with E-state index in [-0.39, 0.29) is 12.0 Å². The molecule has 1 N–H and O–H groups in total. The van der Waals surface area contributed by atoms with Crippen LogP contribution in [0.2, 0.25) is 0 Å². The minimum Gasteiger partial charge on any atom is -0.496 e. The van der Waals surface area contributed by atoms with E-state index in [1.165, 1.54) is 0 Å². The Labute approximate surface area is 102 Å². The van der Waals surface area contributed by atoms with Crippen LogP contribution >= 0.6 is 0 Å².